The standard InChI is InChI=1S/C17H19FN8O/c1-9-2-3-13(23-22-9)26-7-5-12(11(18)8-26)21-14-10-4-6-20-17(10)25-24-15(14)16(19)27/h2-4,6,11-12H,5,7-8H2,1H3,(H2,19,27)(H2,20,21,25)/t11-,12+/m0/s1. The highest BCUT2D eigenvalue weighted by Gasteiger charge is 2.31. The molecular weight excluding hydrogens is 351 g/mol. The van der Waals surface area contributed by atoms with Crippen molar-refractivity contribution in [3.05, 3.63) is 35.8 Å². The smallest absolute Gasteiger partial charge is 0.271 e. The number of halogens is 1. The summed E-state index contributed by atoms with van der Waals surface area (Å²) in [5, 5.41) is 19.7. The number of nitrogens with zero attached hydrogens (tertiary/aromatic N) is 5. The first-order chi connectivity index (χ1) is 13.0. The number of aryl methyl sites for hydroxylation is 1. The predicted octanol–water partition coefficient (Wildman–Crippen LogP) is 1.18. The molecule has 1 aliphatic heterocycles. The molecule has 1 saturated heterocycles. The fraction of sp³-hybridized carbons (Fsp3) is 0.353. The van der Waals surface area contributed by atoms with Gasteiger partial charge in [-0.25, -0.2) is 4.39 Å². The molecule has 0 unspecified atom stereocenters. The topological polar surface area (TPSA) is 126 Å². The Morgan fingerprint density at radius 3 is 2.85 bits per heavy atom. The fourth-order valence-electron chi connectivity index (χ4n) is 3.26. The number of hydrogen-bond acceptors (Lipinski definition) is 7. The average molecular weight is 370 g/mol. The van der Waals surface area contributed by atoms with Gasteiger partial charge in [-0.1, -0.05) is 0 Å². The molecule has 2 atom stereocenters. The number of alkyl halides is 1. The maximum atomic E-state index is 14.9. The minimum Gasteiger partial charge on any atom is -0.377 e. The largest absolute Gasteiger partial charge is 0.377 e. The maximum Gasteiger partial charge on any atom is 0.271 e. The number of aromatic nitrogens is 5. The molecule has 4 heterocycles. The molecule has 3 aromatic heterocycles. The monoisotopic (exact) mass is 370 g/mol. The molecule has 0 spiro atoms. The number of H-pyrrole nitrogens is 1. The van der Waals surface area contributed by atoms with E-state index < -0.39 is 18.1 Å². The Hall–Kier alpha value is -3.30. The minimum absolute atomic E-state index is 0.00105. The first-order valence-electron chi connectivity index (χ1n) is 8.62. The lowest BCUT2D eigenvalue weighted by Gasteiger charge is -2.36. The molecule has 0 aliphatic carbocycles. The van der Waals surface area contributed by atoms with Crippen molar-refractivity contribution in [2.75, 3.05) is 23.3 Å². The van der Waals surface area contributed by atoms with Crippen LogP contribution in [0.4, 0.5) is 15.9 Å². The lowest BCUT2D eigenvalue weighted by Crippen LogP contribution is -2.48. The van der Waals surface area contributed by atoms with Crippen LogP contribution in [0.15, 0.2) is 24.4 Å². The Labute approximate surface area is 154 Å². The van der Waals surface area contributed by atoms with E-state index in [-0.39, 0.29) is 12.2 Å². The van der Waals surface area contributed by atoms with Crippen LogP contribution in [0.2, 0.25) is 0 Å². The van der Waals surface area contributed by atoms with E-state index in [1.807, 2.05) is 24.0 Å². The van der Waals surface area contributed by atoms with Gasteiger partial charge in [0.25, 0.3) is 5.91 Å². The van der Waals surface area contributed by atoms with Crippen LogP contribution in [0.25, 0.3) is 11.0 Å². The van der Waals surface area contributed by atoms with Crippen molar-refractivity contribution in [2.24, 2.45) is 5.73 Å². The molecule has 1 fully saturated rings. The second kappa shape index (κ2) is 6.78. The minimum atomic E-state index is -1.18. The summed E-state index contributed by atoms with van der Waals surface area (Å²) in [5.41, 5.74) is 7.14. The summed E-state index contributed by atoms with van der Waals surface area (Å²) in [7, 11) is 0. The number of aromatic amines is 1. The summed E-state index contributed by atoms with van der Waals surface area (Å²) in [4.78, 5) is 16.5. The molecule has 140 valence electrons. The second-order valence-electron chi connectivity index (χ2n) is 6.56. The highest BCUT2D eigenvalue weighted by Crippen LogP contribution is 2.28. The maximum absolute atomic E-state index is 14.9. The molecule has 0 saturated carbocycles. The van der Waals surface area contributed by atoms with Crippen molar-refractivity contribution in [1.29, 1.82) is 0 Å². The van der Waals surface area contributed by atoms with Crippen LogP contribution in [0.1, 0.15) is 22.6 Å². The summed E-state index contributed by atoms with van der Waals surface area (Å²) in [5.74, 6) is -0.0611. The number of piperidine rings is 1. The molecule has 0 radical (unpaired) electrons. The van der Waals surface area contributed by atoms with Crippen LogP contribution in [-0.4, -0.2) is 56.6 Å². The molecule has 1 aliphatic rings. The Morgan fingerprint density at radius 1 is 1.30 bits per heavy atom. The van der Waals surface area contributed by atoms with Gasteiger partial charge in [0, 0.05) is 18.1 Å². The Morgan fingerprint density at radius 2 is 2.15 bits per heavy atom. The quantitative estimate of drug-likeness (QED) is 0.630. The molecule has 4 N–H and O–H groups in total. The van der Waals surface area contributed by atoms with Crippen LogP contribution in [-0.2, 0) is 0 Å². The number of carbonyl (C=O) groups excluding carboxylic acids is 1. The second-order valence-corrected chi connectivity index (χ2v) is 6.56. The van der Waals surface area contributed by atoms with Gasteiger partial charge >= 0.3 is 0 Å². The number of amides is 1. The van der Waals surface area contributed by atoms with Gasteiger partial charge in [-0.3, -0.25) is 4.79 Å². The van der Waals surface area contributed by atoms with E-state index >= 15 is 0 Å². The number of primary amides is 1. The van der Waals surface area contributed by atoms with Gasteiger partial charge in [0.1, 0.15) is 6.17 Å². The van der Waals surface area contributed by atoms with Crippen molar-refractivity contribution in [2.45, 2.75) is 25.6 Å². The molecule has 1 amide bonds. The van der Waals surface area contributed by atoms with Crippen LogP contribution in [0.3, 0.4) is 0 Å². The highest BCUT2D eigenvalue weighted by atomic mass is 19.1. The zero-order valence-electron chi connectivity index (χ0n) is 14.7. The van der Waals surface area contributed by atoms with Gasteiger partial charge < -0.3 is 20.9 Å². The third-order valence-corrected chi connectivity index (χ3v) is 4.69. The van der Waals surface area contributed by atoms with Gasteiger partial charge in [0.15, 0.2) is 17.2 Å². The third kappa shape index (κ3) is 3.25. The van der Waals surface area contributed by atoms with E-state index in [0.29, 0.717) is 35.5 Å². The van der Waals surface area contributed by atoms with Crippen LogP contribution < -0.4 is 16.0 Å². The molecular formula is C17H19FN8O. The summed E-state index contributed by atoms with van der Waals surface area (Å²) < 4.78 is 14.9. The van der Waals surface area contributed by atoms with Gasteiger partial charge in [-0.05, 0) is 31.5 Å². The van der Waals surface area contributed by atoms with E-state index in [1.165, 1.54) is 0 Å². The molecule has 0 aromatic carbocycles. The molecule has 9 nitrogen and oxygen atoms in total. The number of hydrogen-bond donors (Lipinski definition) is 3. The number of nitrogens with two attached hydrogens (primary N) is 1. The lowest BCUT2D eigenvalue weighted by molar-refractivity contribution is 0.0995. The van der Waals surface area contributed by atoms with Gasteiger partial charge in [-0.2, -0.15) is 5.10 Å². The van der Waals surface area contributed by atoms with Crippen molar-refractivity contribution < 1.29 is 9.18 Å². The van der Waals surface area contributed by atoms with Crippen molar-refractivity contribution >= 4 is 28.4 Å². The average Bonchev–Trinajstić information content (AvgIpc) is 3.13. The molecule has 27 heavy (non-hydrogen) atoms. The van der Waals surface area contributed by atoms with E-state index in [9.17, 15) is 9.18 Å². The summed E-state index contributed by atoms with van der Waals surface area (Å²) in [6, 6.07) is 4.96. The van der Waals surface area contributed by atoms with Crippen LogP contribution in [0, 0.1) is 6.92 Å². The van der Waals surface area contributed by atoms with E-state index in [2.05, 4.69) is 30.7 Å². The van der Waals surface area contributed by atoms with Gasteiger partial charge in [0.05, 0.1) is 24.0 Å². The number of anilines is 2. The number of nitrogens with one attached hydrogen (secondary N) is 2. The summed E-state index contributed by atoms with van der Waals surface area (Å²) in [6.07, 6.45) is 1.02. The fourth-order valence-corrected chi connectivity index (χ4v) is 3.26. The molecule has 10 heteroatoms. The Kier molecular flexibility index (Phi) is 4.30. The third-order valence-electron chi connectivity index (χ3n) is 4.69. The van der Waals surface area contributed by atoms with Crippen LogP contribution in [0.5, 0.6) is 0 Å². The Bertz CT molecular complexity index is 973. The van der Waals surface area contributed by atoms with Crippen molar-refractivity contribution in [1.82, 2.24) is 25.4 Å². The van der Waals surface area contributed by atoms with E-state index in [1.54, 1.807) is 12.3 Å². The number of fused-ring (bicyclic) bond motifs is 1. The van der Waals surface area contributed by atoms with Crippen molar-refractivity contribution in [3.63, 3.8) is 0 Å². The zero-order valence-corrected chi connectivity index (χ0v) is 14.7. The summed E-state index contributed by atoms with van der Waals surface area (Å²) >= 11 is 0. The van der Waals surface area contributed by atoms with Crippen molar-refractivity contribution in [3.8, 4) is 0 Å². The molecule has 0 bridgehead atoms. The first kappa shape index (κ1) is 17.1. The van der Waals surface area contributed by atoms with E-state index in [4.69, 9.17) is 5.73 Å². The lowest BCUT2D eigenvalue weighted by atomic mass is 10.0. The van der Waals surface area contributed by atoms with E-state index in [0.717, 1.165) is 5.69 Å². The predicted molar refractivity (Wildman–Crippen MR) is 98.3 cm³/mol. The molecule has 3 aromatic rings. The summed E-state index contributed by atoms with van der Waals surface area (Å²) in [6.45, 7) is 2.64. The highest BCUT2D eigenvalue weighted by molar-refractivity contribution is 6.04. The SMILES string of the molecule is Cc1ccc(N2CC[C@@H](Nc3c(C(N)=O)nnc4[nH]ccc34)[C@@H](F)C2)nn1. The van der Waals surface area contributed by atoms with Gasteiger partial charge in [-0.15, -0.1) is 15.3 Å². The number of rotatable bonds is 4. The van der Waals surface area contributed by atoms with Gasteiger partial charge in [0.2, 0.25) is 0 Å². The number of carbonyl (C=O) groups is 1. The Balaban J connectivity index is 1.55. The first-order valence-corrected chi connectivity index (χ1v) is 8.62. The van der Waals surface area contributed by atoms with Crippen LogP contribution >= 0.6 is 0 Å². The molecule has 4 rings (SSSR count). The zero-order chi connectivity index (χ0) is 19.0. The normalized spacial score (nSPS) is 20.0.